The summed E-state index contributed by atoms with van der Waals surface area (Å²) in [6.45, 7) is 0.750. The number of carbonyl (C=O) groups is 2. The summed E-state index contributed by atoms with van der Waals surface area (Å²) in [5.41, 5.74) is 1.70. The average molecular weight is 390 g/mol. The first-order chi connectivity index (χ1) is 12.8. The minimum Gasteiger partial charge on any atom is -0.383 e. The van der Waals surface area contributed by atoms with Gasteiger partial charge in [0.25, 0.3) is 11.8 Å². The van der Waals surface area contributed by atoms with Gasteiger partial charge in [-0.1, -0.05) is 24.3 Å². The number of para-hydroxylation sites is 1. The summed E-state index contributed by atoms with van der Waals surface area (Å²) in [6.07, 6.45) is 1.15. The molecule has 2 aromatic carbocycles. The summed E-state index contributed by atoms with van der Waals surface area (Å²) < 4.78 is 27.6. The number of nitrogens with one attached hydrogen (secondary N) is 2. The molecule has 0 saturated heterocycles. The molecular weight excluding hydrogens is 368 g/mol. The molecule has 2 amide bonds. The maximum Gasteiger partial charge on any atom is 0.255 e. The SMILES string of the molecule is COCCNC(=O)c1ccccc1NC(=O)c1ccc(CS(C)(=O)=O)cc1. The van der Waals surface area contributed by atoms with E-state index in [2.05, 4.69) is 10.6 Å². The highest BCUT2D eigenvalue weighted by molar-refractivity contribution is 7.89. The lowest BCUT2D eigenvalue weighted by atomic mass is 10.1. The summed E-state index contributed by atoms with van der Waals surface area (Å²) in [6, 6.07) is 13.0. The summed E-state index contributed by atoms with van der Waals surface area (Å²) >= 11 is 0. The third kappa shape index (κ3) is 6.50. The zero-order valence-electron chi connectivity index (χ0n) is 15.2. The van der Waals surface area contributed by atoms with Crippen LogP contribution in [0.25, 0.3) is 0 Å². The lowest BCUT2D eigenvalue weighted by molar-refractivity contribution is 0.0938. The fraction of sp³-hybridized carbons (Fsp3) is 0.263. The molecule has 0 saturated carbocycles. The first-order valence-corrected chi connectivity index (χ1v) is 10.3. The molecule has 0 aliphatic carbocycles. The highest BCUT2D eigenvalue weighted by Crippen LogP contribution is 2.17. The maximum atomic E-state index is 12.5. The molecule has 8 heteroatoms. The van der Waals surface area contributed by atoms with Crippen molar-refractivity contribution >= 4 is 27.3 Å². The second kappa shape index (κ2) is 9.29. The van der Waals surface area contributed by atoms with E-state index in [0.717, 1.165) is 6.26 Å². The number of hydrogen-bond donors (Lipinski definition) is 2. The number of methoxy groups -OCH3 is 1. The first kappa shape index (κ1) is 20.6. The molecule has 0 atom stereocenters. The van der Waals surface area contributed by atoms with E-state index in [1.54, 1.807) is 55.6 Å². The Labute approximate surface area is 158 Å². The van der Waals surface area contributed by atoms with Gasteiger partial charge in [0.2, 0.25) is 0 Å². The van der Waals surface area contributed by atoms with Crippen LogP contribution in [0.15, 0.2) is 48.5 Å². The average Bonchev–Trinajstić information content (AvgIpc) is 2.61. The van der Waals surface area contributed by atoms with E-state index in [0.29, 0.717) is 35.5 Å². The van der Waals surface area contributed by atoms with E-state index >= 15 is 0 Å². The number of amides is 2. The minimum atomic E-state index is -3.14. The van der Waals surface area contributed by atoms with Gasteiger partial charge in [0, 0.05) is 25.5 Å². The van der Waals surface area contributed by atoms with Crippen LogP contribution in [0.4, 0.5) is 5.69 Å². The number of sulfone groups is 1. The van der Waals surface area contributed by atoms with Gasteiger partial charge in [0.1, 0.15) is 0 Å². The van der Waals surface area contributed by atoms with Crippen LogP contribution >= 0.6 is 0 Å². The molecule has 0 spiro atoms. The lowest BCUT2D eigenvalue weighted by Crippen LogP contribution is -2.28. The largest absolute Gasteiger partial charge is 0.383 e. The number of benzene rings is 2. The number of anilines is 1. The zero-order valence-corrected chi connectivity index (χ0v) is 16.0. The van der Waals surface area contributed by atoms with Crippen LogP contribution in [0.2, 0.25) is 0 Å². The molecule has 27 heavy (non-hydrogen) atoms. The Bertz CT molecular complexity index is 908. The third-order valence-corrected chi connectivity index (χ3v) is 4.51. The van der Waals surface area contributed by atoms with Gasteiger partial charge in [-0.3, -0.25) is 9.59 Å². The topological polar surface area (TPSA) is 102 Å². The van der Waals surface area contributed by atoms with Gasteiger partial charge in [0.15, 0.2) is 9.84 Å². The van der Waals surface area contributed by atoms with Gasteiger partial charge in [-0.25, -0.2) is 8.42 Å². The Balaban J connectivity index is 2.10. The van der Waals surface area contributed by atoms with Crippen LogP contribution in [-0.4, -0.2) is 46.7 Å². The molecule has 0 aliphatic heterocycles. The van der Waals surface area contributed by atoms with Crippen molar-refractivity contribution in [1.82, 2.24) is 5.32 Å². The normalized spacial score (nSPS) is 11.0. The van der Waals surface area contributed by atoms with Gasteiger partial charge in [-0.05, 0) is 29.8 Å². The van der Waals surface area contributed by atoms with E-state index in [-0.39, 0.29) is 11.7 Å². The van der Waals surface area contributed by atoms with Crippen LogP contribution in [-0.2, 0) is 20.3 Å². The zero-order chi connectivity index (χ0) is 19.9. The van der Waals surface area contributed by atoms with Crippen molar-refractivity contribution in [3.05, 3.63) is 65.2 Å². The first-order valence-electron chi connectivity index (χ1n) is 8.24. The lowest BCUT2D eigenvalue weighted by Gasteiger charge is -2.11. The predicted octanol–water partition coefficient (Wildman–Crippen LogP) is 1.86. The van der Waals surface area contributed by atoms with E-state index < -0.39 is 15.7 Å². The summed E-state index contributed by atoms with van der Waals surface area (Å²) in [5.74, 6) is -0.788. The van der Waals surface area contributed by atoms with Crippen LogP contribution in [0.1, 0.15) is 26.3 Å². The van der Waals surface area contributed by atoms with Crippen LogP contribution in [0, 0.1) is 0 Å². The smallest absolute Gasteiger partial charge is 0.255 e. The van der Waals surface area contributed by atoms with Gasteiger partial charge in [0.05, 0.1) is 23.6 Å². The Morgan fingerprint density at radius 2 is 1.67 bits per heavy atom. The monoisotopic (exact) mass is 390 g/mol. The fourth-order valence-corrected chi connectivity index (χ4v) is 3.20. The molecule has 0 bridgehead atoms. The van der Waals surface area contributed by atoms with Crippen molar-refractivity contribution in [3.8, 4) is 0 Å². The van der Waals surface area contributed by atoms with E-state index in [4.69, 9.17) is 4.74 Å². The molecule has 2 N–H and O–H groups in total. The quantitative estimate of drug-likeness (QED) is 0.670. The van der Waals surface area contributed by atoms with Crippen LogP contribution in [0.3, 0.4) is 0 Å². The number of carbonyl (C=O) groups excluding carboxylic acids is 2. The Morgan fingerprint density at radius 1 is 1.00 bits per heavy atom. The van der Waals surface area contributed by atoms with Crippen molar-refractivity contribution in [2.24, 2.45) is 0 Å². The molecule has 0 aliphatic rings. The van der Waals surface area contributed by atoms with Gasteiger partial charge >= 0.3 is 0 Å². The van der Waals surface area contributed by atoms with Crippen molar-refractivity contribution in [2.45, 2.75) is 5.75 Å². The molecule has 7 nitrogen and oxygen atoms in total. The van der Waals surface area contributed by atoms with E-state index in [1.807, 2.05) is 0 Å². The number of hydrogen-bond acceptors (Lipinski definition) is 5. The highest BCUT2D eigenvalue weighted by Gasteiger charge is 2.14. The van der Waals surface area contributed by atoms with Crippen molar-refractivity contribution in [2.75, 3.05) is 31.8 Å². The van der Waals surface area contributed by atoms with Crippen LogP contribution < -0.4 is 10.6 Å². The van der Waals surface area contributed by atoms with Gasteiger partial charge in [-0.2, -0.15) is 0 Å². The van der Waals surface area contributed by atoms with Crippen molar-refractivity contribution in [1.29, 1.82) is 0 Å². The number of rotatable bonds is 8. The molecule has 0 heterocycles. The van der Waals surface area contributed by atoms with Gasteiger partial charge in [-0.15, -0.1) is 0 Å². The second-order valence-electron chi connectivity index (χ2n) is 6.02. The Hall–Kier alpha value is -2.71. The maximum absolute atomic E-state index is 12.5. The Kier molecular flexibility index (Phi) is 7.09. The molecule has 2 aromatic rings. The third-order valence-electron chi connectivity index (χ3n) is 3.66. The standard InChI is InChI=1S/C19H22N2O5S/c1-26-12-11-20-19(23)16-5-3-4-6-17(16)21-18(22)15-9-7-14(8-10-15)13-27(2,24)25/h3-10H,11-13H2,1-2H3,(H,20,23)(H,21,22). The molecular formula is C19H22N2O5S. The summed E-state index contributed by atoms with van der Waals surface area (Å²) in [4.78, 5) is 24.7. The molecule has 2 rings (SSSR count). The molecule has 0 unspecified atom stereocenters. The predicted molar refractivity (Wildman–Crippen MR) is 104 cm³/mol. The Morgan fingerprint density at radius 3 is 2.30 bits per heavy atom. The molecule has 144 valence electrons. The van der Waals surface area contributed by atoms with Crippen molar-refractivity contribution < 1.29 is 22.7 Å². The second-order valence-corrected chi connectivity index (χ2v) is 8.16. The van der Waals surface area contributed by atoms with E-state index in [9.17, 15) is 18.0 Å². The highest BCUT2D eigenvalue weighted by atomic mass is 32.2. The van der Waals surface area contributed by atoms with E-state index in [1.165, 1.54) is 0 Å². The van der Waals surface area contributed by atoms with Gasteiger partial charge < -0.3 is 15.4 Å². The fourth-order valence-electron chi connectivity index (χ4n) is 2.40. The summed E-state index contributed by atoms with van der Waals surface area (Å²) in [5, 5.41) is 5.43. The number of ether oxygens (including phenoxy) is 1. The van der Waals surface area contributed by atoms with Crippen molar-refractivity contribution in [3.63, 3.8) is 0 Å². The molecule has 0 fully saturated rings. The molecule has 0 aromatic heterocycles. The van der Waals surface area contributed by atoms with Crippen LogP contribution in [0.5, 0.6) is 0 Å². The molecule has 0 radical (unpaired) electrons. The summed E-state index contributed by atoms with van der Waals surface area (Å²) in [7, 11) is -1.59. The minimum absolute atomic E-state index is 0.0840.